The van der Waals surface area contributed by atoms with Gasteiger partial charge in [-0.1, -0.05) is 42.5 Å². The third-order valence-corrected chi connectivity index (χ3v) is 7.09. The van der Waals surface area contributed by atoms with Crippen molar-refractivity contribution in [3.05, 3.63) is 90.0 Å². The normalized spacial score (nSPS) is 14.3. The molecule has 3 aromatic carbocycles. The summed E-state index contributed by atoms with van der Waals surface area (Å²) in [6, 6.07) is 23.0. The van der Waals surface area contributed by atoms with Crippen LogP contribution in [0.4, 0.5) is 5.69 Å². The van der Waals surface area contributed by atoms with Gasteiger partial charge in [0.2, 0.25) is 10.0 Å². The molecule has 1 saturated heterocycles. The van der Waals surface area contributed by atoms with Crippen molar-refractivity contribution in [3.63, 3.8) is 0 Å². The lowest BCUT2D eigenvalue weighted by Gasteiger charge is -2.16. The highest BCUT2D eigenvalue weighted by atomic mass is 32.2. The molecule has 1 amide bonds. The monoisotopic (exact) mass is 436 g/mol. The highest BCUT2D eigenvalue weighted by Gasteiger charge is 2.27. The van der Waals surface area contributed by atoms with E-state index in [1.807, 2.05) is 42.5 Å². The number of carbonyl (C=O) groups excluding carboxylic acids is 1. The van der Waals surface area contributed by atoms with Crippen molar-refractivity contribution in [2.45, 2.75) is 24.3 Å². The van der Waals surface area contributed by atoms with Gasteiger partial charge >= 0.3 is 0 Å². The number of para-hydroxylation sites is 1. The zero-order valence-corrected chi connectivity index (χ0v) is 17.8. The van der Waals surface area contributed by atoms with E-state index in [2.05, 4.69) is 5.32 Å². The van der Waals surface area contributed by atoms with Crippen molar-refractivity contribution in [2.75, 3.05) is 18.4 Å². The molecule has 0 aliphatic carbocycles. The van der Waals surface area contributed by atoms with Crippen LogP contribution in [-0.2, 0) is 16.6 Å². The number of rotatable bonds is 7. The average Bonchev–Trinajstić information content (AvgIpc) is 3.35. The number of benzene rings is 3. The number of ether oxygens (including phenoxy) is 1. The van der Waals surface area contributed by atoms with E-state index in [1.165, 1.54) is 10.4 Å². The zero-order chi connectivity index (χ0) is 21.7. The molecule has 1 fully saturated rings. The molecule has 0 atom stereocenters. The molecule has 160 valence electrons. The third kappa shape index (κ3) is 4.95. The van der Waals surface area contributed by atoms with Crippen LogP contribution in [-0.4, -0.2) is 31.7 Å². The Morgan fingerprint density at radius 3 is 2.39 bits per heavy atom. The summed E-state index contributed by atoms with van der Waals surface area (Å²) in [7, 11) is -3.55. The van der Waals surface area contributed by atoms with Crippen LogP contribution in [0.5, 0.6) is 5.75 Å². The van der Waals surface area contributed by atoms with Crippen LogP contribution in [0.25, 0.3) is 0 Å². The maximum Gasteiger partial charge on any atom is 0.256 e. The van der Waals surface area contributed by atoms with Crippen molar-refractivity contribution < 1.29 is 17.9 Å². The molecule has 4 rings (SSSR count). The Kier molecular flexibility index (Phi) is 6.34. The van der Waals surface area contributed by atoms with E-state index in [0.29, 0.717) is 24.3 Å². The zero-order valence-electron chi connectivity index (χ0n) is 17.0. The quantitative estimate of drug-likeness (QED) is 0.599. The largest absolute Gasteiger partial charge is 0.489 e. The Labute approximate surface area is 182 Å². The van der Waals surface area contributed by atoms with E-state index < -0.39 is 10.0 Å². The number of carbonyl (C=O) groups is 1. The summed E-state index contributed by atoms with van der Waals surface area (Å²) in [5, 5.41) is 2.82. The lowest BCUT2D eigenvalue weighted by Crippen LogP contribution is -2.28. The molecule has 31 heavy (non-hydrogen) atoms. The molecule has 0 bridgehead atoms. The number of amides is 1. The highest BCUT2D eigenvalue weighted by Crippen LogP contribution is 2.24. The van der Waals surface area contributed by atoms with Gasteiger partial charge in [-0.15, -0.1) is 0 Å². The second-order valence-corrected chi connectivity index (χ2v) is 9.29. The van der Waals surface area contributed by atoms with Gasteiger partial charge < -0.3 is 10.1 Å². The van der Waals surface area contributed by atoms with Gasteiger partial charge in [-0.3, -0.25) is 4.79 Å². The predicted octanol–water partition coefficient (Wildman–Crippen LogP) is 4.30. The molecule has 1 aliphatic rings. The van der Waals surface area contributed by atoms with Crippen LogP contribution in [0.3, 0.4) is 0 Å². The smallest absolute Gasteiger partial charge is 0.256 e. The number of hydrogen-bond donors (Lipinski definition) is 1. The van der Waals surface area contributed by atoms with Crippen LogP contribution in [0.2, 0.25) is 0 Å². The van der Waals surface area contributed by atoms with Crippen LogP contribution < -0.4 is 10.1 Å². The van der Waals surface area contributed by atoms with Crippen LogP contribution in [0.1, 0.15) is 28.8 Å². The van der Waals surface area contributed by atoms with E-state index in [-0.39, 0.29) is 17.4 Å². The first kappa shape index (κ1) is 21.1. The average molecular weight is 437 g/mol. The summed E-state index contributed by atoms with van der Waals surface area (Å²) in [5.41, 5.74) is 1.65. The first-order valence-corrected chi connectivity index (χ1v) is 11.7. The Hall–Kier alpha value is -3.16. The second kappa shape index (κ2) is 9.32. The first-order chi connectivity index (χ1) is 15.0. The van der Waals surface area contributed by atoms with Crippen molar-refractivity contribution in [1.82, 2.24) is 4.31 Å². The Morgan fingerprint density at radius 1 is 0.903 bits per heavy atom. The summed E-state index contributed by atoms with van der Waals surface area (Å²) in [6.07, 6.45) is 1.75. The minimum Gasteiger partial charge on any atom is -0.489 e. The number of nitrogens with one attached hydrogen (secondary N) is 1. The van der Waals surface area contributed by atoms with Crippen LogP contribution >= 0.6 is 0 Å². The molecular formula is C24H24N2O4S. The molecule has 0 spiro atoms. The third-order valence-electron chi connectivity index (χ3n) is 5.19. The SMILES string of the molecule is O=C(Nc1cccc(S(=O)(=O)N2CCCC2)c1)c1ccccc1COc1ccccc1. The standard InChI is InChI=1S/C24H24N2O4S/c27-24(23-14-5-4-9-19(23)18-30-21-11-2-1-3-12-21)25-20-10-8-13-22(17-20)31(28,29)26-15-6-7-16-26/h1-5,8-14,17H,6-7,15-16,18H2,(H,25,27). The van der Waals surface area contributed by atoms with Gasteiger partial charge in [-0.25, -0.2) is 8.42 Å². The summed E-state index contributed by atoms with van der Waals surface area (Å²) < 4.78 is 32.9. The van der Waals surface area contributed by atoms with Crippen LogP contribution in [0.15, 0.2) is 83.8 Å². The highest BCUT2D eigenvalue weighted by molar-refractivity contribution is 7.89. The van der Waals surface area contributed by atoms with Crippen molar-refractivity contribution in [2.24, 2.45) is 0 Å². The molecule has 0 aromatic heterocycles. The lowest BCUT2D eigenvalue weighted by molar-refractivity contribution is 0.102. The van der Waals surface area contributed by atoms with Crippen molar-refractivity contribution >= 4 is 21.6 Å². The van der Waals surface area contributed by atoms with E-state index in [0.717, 1.165) is 24.2 Å². The number of hydrogen-bond acceptors (Lipinski definition) is 4. The molecule has 0 saturated carbocycles. The number of nitrogens with zero attached hydrogens (tertiary/aromatic N) is 1. The van der Waals surface area contributed by atoms with E-state index in [4.69, 9.17) is 4.74 Å². The summed E-state index contributed by atoms with van der Waals surface area (Å²) in [4.78, 5) is 13.1. The molecule has 0 radical (unpaired) electrons. The molecule has 1 heterocycles. The molecule has 6 nitrogen and oxygen atoms in total. The van der Waals surface area contributed by atoms with Crippen LogP contribution in [0, 0.1) is 0 Å². The van der Waals surface area contributed by atoms with Gasteiger partial charge in [0.1, 0.15) is 12.4 Å². The molecule has 1 aliphatic heterocycles. The second-order valence-electron chi connectivity index (χ2n) is 7.35. The summed E-state index contributed by atoms with van der Waals surface area (Å²) in [5.74, 6) is 0.403. The predicted molar refractivity (Wildman–Crippen MR) is 120 cm³/mol. The van der Waals surface area contributed by atoms with Gasteiger partial charge in [0, 0.05) is 29.9 Å². The number of sulfonamides is 1. The molecular weight excluding hydrogens is 412 g/mol. The van der Waals surface area contributed by atoms with Gasteiger partial charge in [0.15, 0.2) is 0 Å². The summed E-state index contributed by atoms with van der Waals surface area (Å²) >= 11 is 0. The minimum atomic E-state index is -3.55. The van der Waals surface area contributed by atoms with E-state index in [9.17, 15) is 13.2 Å². The van der Waals surface area contributed by atoms with E-state index in [1.54, 1.807) is 30.3 Å². The number of anilines is 1. The lowest BCUT2D eigenvalue weighted by atomic mass is 10.1. The van der Waals surface area contributed by atoms with Gasteiger partial charge in [-0.05, 0) is 49.2 Å². The fourth-order valence-electron chi connectivity index (χ4n) is 3.56. The topological polar surface area (TPSA) is 75.7 Å². The Balaban J connectivity index is 1.50. The molecule has 0 unspecified atom stereocenters. The maximum absolute atomic E-state index is 12.9. The maximum atomic E-state index is 12.9. The fourth-order valence-corrected chi connectivity index (χ4v) is 5.12. The molecule has 3 aromatic rings. The van der Waals surface area contributed by atoms with Gasteiger partial charge in [-0.2, -0.15) is 4.31 Å². The van der Waals surface area contributed by atoms with E-state index >= 15 is 0 Å². The Bertz CT molecular complexity index is 1160. The minimum absolute atomic E-state index is 0.188. The van der Waals surface area contributed by atoms with Gasteiger partial charge in [0.05, 0.1) is 4.90 Å². The van der Waals surface area contributed by atoms with Crippen molar-refractivity contribution in [1.29, 1.82) is 0 Å². The first-order valence-electron chi connectivity index (χ1n) is 10.2. The summed E-state index contributed by atoms with van der Waals surface area (Å²) in [6.45, 7) is 1.32. The fraction of sp³-hybridized carbons (Fsp3) is 0.208. The molecule has 7 heteroatoms. The van der Waals surface area contributed by atoms with Gasteiger partial charge in [0.25, 0.3) is 5.91 Å². The molecule has 1 N–H and O–H groups in total. The Morgan fingerprint density at radius 2 is 1.61 bits per heavy atom. The van der Waals surface area contributed by atoms with Crippen molar-refractivity contribution in [3.8, 4) is 5.75 Å².